The Morgan fingerprint density at radius 2 is 2.14 bits per heavy atom. The number of benzene rings is 1. The van der Waals surface area contributed by atoms with Crippen molar-refractivity contribution in [2.24, 2.45) is 5.92 Å². The molecule has 2 amide bonds. The van der Waals surface area contributed by atoms with Crippen LogP contribution in [0.3, 0.4) is 0 Å². The summed E-state index contributed by atoms with van der Waals surface area (Å²) < 4.78 is 5.84. The van der Waals surface area contributed by atoms with Crippen LogP contribution in [0.1, 0.15) is 19.3 Å². The molecule has 3 N–H and O–H groups in total. The fourth-order valence-electron chi connectivity index (χ4n) is 2.51. The third kappa shape index (κ3) is 3.87. The van der Waals surface area contributed by atoms with E-state index in [-0.39, 0.29) is 6.04 Å². The highest BCUT2D eigenvalue weighted by molar-refractivity contribution is 9.10. The van der Waals surface area contributed by atoms with Crippen molar-refractivity contribution in [3.8, 4) is 5.75 Å². The van der Waals surface area contributed by atoms with E-state index in [0.29, 0.717) is 24.3 Å². The lowest BCUT2D eigenvalue weighted by Gasteiger charge is -2.18. The fourth-order valence-corrected chi connectivity index (χ4v) is 3.05. The van der Waals surface area contributed by atoms with Crippen molar-refractivity contribution in [3.63, 3.8) is 0 Å². The van der Waals surface area contributed by atoms with E-state index >= 15 is 0 Å². The maximum Gasteiger partial charge on any atom is 0.319 e. The lowest BCUT2D eigenvalue weighted by atomic mass is 10.0. The molecule has 21 heavy (non-hydrogen) atoms. The third-order valence-corrected chi connectivity index (χ3v) is 4.18. The Bertz CT molecular complexity index is 550. The van der Waals surface area contributed by atoms with E-state index in [1.54, 1.807) is 25.3 Å². The SMILES string of the molecule is COc1ccc(NC(=O)NC2CCCC2C(=O)O)cc1Br. The van der Waals surface area contributed by atoms with E-state index in [0.717, 1.165) is 10.9 Å². The Morgan fingerprint density at radius 3 is 2.76 bits per heavy atom. The third-order valence-electron chi connectivity index (χ3n) is 3.56. The van der Waals surface area contributed by atoms with Gasteiger partial charge in [-0.1, -0.05) is 6.42 Å². The van der Waals surface area contributed by atoms with E-state index in [9.17, 15) is 9.59 Å². The second kappa shape index (κ2) is 6.80. The van der Waals surface area contributed by atoms with Crippen LogP contribution in [-0.4, -0.2) is 30.3 Å². The zero-order chi connectivity index (χ0) is 15.4. The van der Waals surface area contributed by atoms with Gasteiger partial charge >= 0.3 is 12.0 Å². The molecule has 1 aromatic carbocycles. The largest absolute Gasteiger partial charge is 0.496 e. The predicted octanol–water partition coefficient (Wildman–Crippen LogP) is 2.83. The summed E-state index contributed by atoms with van der Waals surface area (Å²) in [6.45, 7) is 0. The fraction of sp³-hybridized carbons (Fsp3) is 0.429. The highest BCUT2D eigenvalue weighted by Gasteiger charge is 2.33. The van der Waals surface area contributed by atoms with Gasteiger partial charge in [0.15, 0.2) is 0 Å². The Balaban J connectivity index is 1.95. The van der Waals surface area contributed by atoms with Gasteiger partial charge in [0.05, 0.1) is 17.5 Å². The maximum absolute atomic E-state index is 11.9. The zero-order valence-electron chi connectivity index (χ0n) is 11.6. The topological polar surface area (TPSA) is 87.7 Å². The van der Waals surface area contributed by atoms with E-state index in [4.69, 9.17) is 9.84 Å². The summed E-state index contributed by atoms with van der Waals surface area (Å²) in [5, 5.41) is 14.5. The number of amides is 2. The molecule has 1 aliphatic carbocycles. The maximum atomic E-state index is 11.9. The number of aliphatic carboxylic acids is 1. The molecule has 0 radical (unpaired) electrons. The molecule has 0 heterocycles. The number of methoxy groups -OCH3 is 1. The average Bonchev–Trinajstić information content (AvgIpc) is 2.87. The van der Waals surface area contributed by atoms with Gasteiger partial charge in [-0.3, -0.25) is 4.79 Å². The molecule has 1 aromatic rings. The predicted molar refractivity (Wildman–Crippen MR) is 81.6 cm³/mol. The van der Waals surface area contributed by atoms with Gasteiger partial charge in [-0.05, 0) is 47.0 Å². The first kappa shape index (κ1) is 15.6. The highest BCUT2D eigenvalue weighted by Crippen LogP contribution is 2.28. The molecule has 0 aromatic heterocycles. The zero-order valence-corrected chi connectivity index (χ0v) is 13.1. The van der Waals surface area contributed by atoms with Crippen molar-refractivity contribution in [2.45, 2.75) is 25.3 Å². The van der Waals surface area contributed by atoms with Crippen LogP contribution in [0.5, 0.6) is 5.75 Å². The molecule has 0 saturated heterocycles. The van der Waals surface area contributed by atoms with E-state index in [1.165, 1.54) is 0 Å². The van der Waals surface area contributed by atoms with Crippen LogP contribution in [0.25, 0.3) is 0 Å². The Hall–Kier alpha value is -1.76. The molecule has 114 valence electrons. The number of carbonyl (C=O) groups is 2. The van der Waals surface area contributed by atoms with Crippen molar-refractivity contribution in [2.75, 3.05) is 12.4 Å². The normalized spacial score (nSPS) is 20.9. The minimum atomic E-state index is -0.856. The van der Waals surface area contributed by atoms with Gasteiger partial charge < -0.3 is 20.5 Å². The van der Waals surface area contributed by atoms with Crippen molar-refractivity contribution in [1.29, 1.82) is 0 Å². The van der Waals surface area contributed by atoms with Crippen LogP contribution in [0.2, 0.25) is 0 Å². The van der Waals surface area contributed by atoms with Gasteiger partial charge in [-0.2, -0.15) is 0 Å². The molecule has 2 atom stereocenters. The number of carboxylic acid groups (broad SMARTS) is 1. The summed E-state index contributed by atoms with van der Waals surface area (Å²) in [4.78, 5) is 23.0. The summed E-state index contributed by atoms with van der Waals surface area (Å²) in [5.41, 5.74) is 0.602. The first-order valence-corrected chi connectivity index (χ1v) is 7.44. The van der Waals surface area contributed by atoms with Crippen LogP contribution >= 0.6 is 15.9 Å². The summed E-state index contributed by atoms with van der Waals surface area (Å²) in [6.07, 6.45) is 2.11. The summed E-state index contributed by atoms with van der Waals surface area (Å²) in [6, 6.07) is 4.46. The van der Waals surface area contributed by atoms with E-state index < -0.39 is 17.9 Å². The minimum absolute atomic E-state index is 0.316. The summed E-state index contributed by atoms with van der Waals surface area (Å²) in [5.74, 6) is -0.689. The molecule has 0 aliphatic heterocycles. The first-order valence-electron chi connectivity index (χ1n) is 6.65. The Morgan fingerprint density at radius 1 is 1.38 bits per heavy atom. The number of rotatable bonds is 4. The molecule has 6 nitrogen and oxygen atoms in total. The quantitative estimate of drug-likeness (QED) is 0.773. The molecule has 1 aliphatic rings. The molecular weight excluding hydrogens is 340 g/mol. The van der Waals surface area contributed by atoms with Gasteiger partial charge in [-0.25, -0.2) is 4.79 Å². The average molecular weight is 357 g/mol. The molecule has 0 bridgehead atoms. The van der Waals surface area contributed by atoms with E-state index in [2.05, 4.69) is 26.6 Å². The van der Waals surface area contributed by atoms with Crippen LogP contribution in [-0.2, 0) is 4.79 Å². The molecule has 7 heteroatoms. The molecule has 2 unspecified atom stereocenters. The lowest BCUT2D eigenvalue weighted by molar-refractivity contribution is -0.142. The first-order chi connectivity index (χ1) is 10.0. The van der Waals surface area contributed by atoms with Crippen LogP contribution in [0.4, 0.5) is 10.5 Å². The van der Waals surface area contributed by atoms with Crippen LogP contribution in [0.15, 0.2) is 22.7 Å². The highest BCUT2D eigenvalue weighted by atomic mass is 79.9. The number of hydrogen-bond acceptors (Lipinski definition) is 3. The molecule has 0 spiro atoms. The van der Waals surface area contributed by atoms with Gasteiger partial charge in [0.25, 0.3) is 0 Å². The number of carbonyl (C=O) groups excluding carboxylic acids is 1. The number of carboxylic acids is 1. The number of ether oxygens (including phenoxy) is 1. The van der Waals surface area contributed by atoms with Gasteiger partial charge in [0.2, 0.25) is 0 Å². The smallest absolute Gasteiger partial charge is 0.319 e. The van der Waals surface area contributed by atoms with Crippen molar-refractivity contribution in [3.05, 3.63) is 22.7 Å². The van der Waals surface area contributed by atoms with Gasteiger partial charge in [0.1, 0.15) is 5.75 Å². The molecule has 2 rings (SSSR count). The number of halogens is 1. The van der Waals surface area contributed by atoms with Gasteiger partial charge in [0, 0.05) is 11.7 Å². The Kier molecular flexibility index (Phi) is 5.06. The standard InChI is InChI=1S/C14H17BrN2O4/c1-21-12-6-5-8(7-10(12)15)16-14(20)17-11-4-2-3-9(11)13(18)19/h5-7,9,11H,2-4H2,1H3,(H,18,19)(H2,16,17,20). The molecular formula is C14H17BrN2O4. The second-order valence-electron chi connectivity index (χ2n) is 4.93. The van der Waals surface area contributed by atoms with Gasteiger partial charge in [-0.15, -0.1) is 0 Å². The second-order valence-corrected chi connectivity index (χ2v) is 5.78. The molecule has 1 saturated carbocycles. The Labute approximate surface area is 131 Å². The van der Waals surface area contributed by atoms with Crippen molar-refractivity contribution in [1.82, 2.24) is 5.32 Å². The minimum Gasteiger partial charge on any atom is -0.496 e. The van der Waals surface area contributed by atoms with E-state index in [1.807, 2.05) is 0 Å². The monoisotopic (exact) mass is 356 g/mol. The number of anilines is 1. The number of urea groups is 1. The van der Waals surface area contributed by atoms with Crippen molar-refractivity contribution >= 4 is 33.6 Å². The number of hydrogen-bond donors (Lipinski definition) is 3. The lowest BCUT2D eigenvalue weighted by Crippen LogP contribution is -2.42. The van der Waals surface area contributed by atoms with Crippen LogP contribution < -0.4 is 15.4 Å². The number of nitrogens with one attached hydrogen (secondary N) is 2. The summed E-state index contributed by atoms with van der Waals surface area (Å²) >= 11 is 3.34. The van der Waals surface area contributed by atoms with Crippen molar-refractivity contribution < 1.29 is 19.4 Å². The van der Waals surface area contributed by atoms with Crippen LogP contribution in [0, 0.1) is 5.92 Å². The molecule has 1 fully saturated rings. The summed E-state index contributed by atoms with van der Waals surface area (Å²) in [7, 11) is 1.56.